The molecule has 2 heterocycles. The Balaban J connectivity index is 1.51. The fourth-order valence-electron chi connectivity index (χ4n) is 3.97. The first-order chi connectivity index (χ1) is 16.2. The van der Waals surface area contributed by atoms with E-state index in [2.05, 4.69) is 15.3 Å². The number of benzene rings is 3. The SMILES string of the molecule is Cc1c(C(=O)N(Cc2ccccc2)Cc2ccccc2)nnn1-c1cccc2cccnc12. The maximum absolute atomic E-state index is 13.7. The molecule has 1 amide bonds. The fourth-order valence-corrected chi connectivity index (χ4v) is 3.97. The van der Waals surface area contributed by atoms with E-state index in [4.69, 9.17) is 0 Å². The molecule has 0 atom stereocenters. The molecule has 3 aromatic carbocycles. The van der Waals surface area contributed by atoms with Gasteiger partial charge in [-0.2, -0.15) is 0 Å². The number of nitrogens with zero attached hydrogens (tertiary/aromatic N) is 5. The summed E-state index contributed by atoms with van der Waals surface area (Å²) in [6.07, 6.45) is 1.76. The molecule has 0 spiro atoms. The van der Waals surface area contributed by atoms with E-state index in [9.17, 15) is 4.79 Å². The van der Waals surface area contributed by atoms with E-state index in [1.807, 2.05) is 103 Å². The van der Waals surface area contributed by atoms with Gasteiger partial charge in [-0.1, -0.05) is 84.1 Å². The molecule has 0 bridgehead atoms. The highest BCUT2D eigenvalue weighted by Crippen LogP contribution is 2.22. The lowest BCUT2D eigenvalue weighted by Crippen LogP contribution is -2.31. The maximum Gasteiger partial charge on any atom is 0.276 e. The second-order valence-corrected chi connectivity index (χ2v) is 7.92. The van der Waals surface area contributed by atoms with Gasteiger partial charge >= 0.3 is 0 Å². The van der Waals surface area contributed by atoms with Crippen LogP contribution in [-0.2, 0) is 13.1 Å². The standard InChI is InChI=1S/C27H23N5O/c1-20-25(29-30-32(20)24-16-8-14-23-15-9-17-28-26(23)24)27(33)31(18-21-10-4-2-5-11-21)19-22-12-6-3-7-13-22/h2-17H,18-19H2,1H3. The first-order valence-electron chi connectivity index (χ1n) is 10.8. The van der Waals surface area contributed by atoms with Gasteiger partial charge in [-0.3, -0.25) is 9.78 Å². The molecule has 0 saturated carbocycles. The van der Waals surface area contributed by atoms with Crippen LogP contribution in [0.5, 0.6) is 0 Å². The Morgan fingerprint density at radius 3 is 2.12 bits per heavy atom. The second-order valence-electron chi connectivity index (χ2n) is 7.92. The summed E-state index contributed by atoms with van der Waals surface area (Å²) in [5.74, 6) is -0.153. The van der Waals surface area contributed by atoms with Crippen molar-refractivity contribution in [3.63, 3.8) is 0 Å². The van der Waals surface area contributed by atoms with Gasteiger partial charge in [-0.05, 0) is 30.2 Å². The van der Waals surface area contributed by atoms with Gasteiger partial charge in [0.25, 0.3) is 5.91 Å². The Morgan fingerprint density at radius 1 is 0.818 bits per heavy atom. The van der Waals surface area contributed by atoms with Crippen LogP contribution in [0.25, 0.3) is 16.6 Å². The number of hydrogen-bond donors (Lipinski definition) is 0. The topological polar surface area (TPSA) is 63.9 Å². The molecule has 6 heteroatoms. The van der Waals surface area contributed by atoms with Crippen molar-refractivity contribution in [1.29, 1.82) is 0 Å². The highest BCUT2D eigenvalue weighted by atomic mass is 16.2. The van der Waals surface area contributed by atoms with Gasteiger partial charge in [0.2, 0.25) is 0 Å². The molecular formula is C27H23N5O. The minimum absolute atomic E-state index is 0.153. The van der Waals surface area contributed by atoms with Crippen molar-refractivity contribution in [2.24, 2.45) is 0 Å². The molecule has 5 rings (SSSR count). The molecular weight excluding hydrogens is 410 g/mol. The number of aromatic nitrogens is 4. The predicted molar refractivity (Wildman–Crippen MR) is 128 cm³/mol. The van der Waals surface area contributed by atoms with Crippen molar-refractivity contribution < 1.29 is 4.79 Å². The van der Waals surface area contributed by atoms with Crippen LogP contribution in [0.4, 0.5) is 0 Å². The Labute approximate surface area is 192 Å². The summed E-state index contributed by atoms with van der Waals surface area (Å²) < 4.78 is 1.70. The third kappa shape index (κ3) is 4.23. The number of hydrogen-bond acceptors (Lipinski definition) is 4. The van der Waals surface area contributed by atoms with Gasteiger partial charge in [0.1, 0.15) is 0 Å². The van der Waals surface area contributed by atoms with E-state index < -0.39 is 0 Å². The minimum atomic E-state index is -0.153. The number of amides is 1. The highest BCUT2D eigenvalue weighted by Gasteiger charge is 2.24. The Bertz CT molecular complexity index is 1350. The monoisotopic (exact) mass is 433 g/mol. The van der Waals surface area contributed by atoms with Crippen molar-refractivity contribution >= 4 is 16.8 Å². The van der Waals surface area contributed by atoms with E-state index in [0.29, 0.717) is 24.5 Å². The van der Waals surface area contributed by atoms with Crippen molar-refractivity contribution in [1.82, 2.24) is 24.9 Å². The van der Waals surface area contributed by atoms with E-state index >= 15 is 0 Å². The first-order valence-corrected chi connectivity index (χ1v) is 10.8. The zero-order chi connectivity index (χ0) is 22.6. The van der Waals surface area contributed by atoms with Gasteiger partial charge in [0, 0.05) is 24.7 Å². The minimum Gasteiger partial charge on any atom is -0.329 e. The van der Waals surface area contributed by atoms with Crippen LogP contribution in [0, 0.1) is 6.92 Å². The number of para-hydroxylation sites is 1. The van der Waals surface area contributed by atoms with Gasteiger partial charge in [0.15, 0.2) is 5.69 Å². The summed E-state index contributed by atoms with van der Waals surface area (Å²) in [7, 11) is 0. The molecule has 0 fully saturated rings. The predicted octanol–water partition coefficient (Wildman–Crippen LogP) is 4.97. The fraction of sp³-hybridized carbons (Fsp3) is 0.111. The van der Waals surface area contributed by atoms with Crippen LogP contribution < -0.4 is 0 Å². The number of carbonyl (C=O) groups excluding carboxylic acids is 1. The lowest BCUT2D eigenvalue weighted by Gasteiger charge is -2.22. The molecule has 6 nitrogen and oxygen atoms in total. The van der Waals surface area contributed by atoms with Crippen LogP contribution >= 0.6 is 0 Å². The summed E-state index contributed by atoms with van der Waals surface area (Å²) in [6, 6.07) is 29.8. The zero-order valence-corrected chi connectivity index (χ0v) is 18.3. The van der Waals surface area contributed by atoms with Crippen molar-refractivity contribution in [2.45, 2.75) is 20.0 Å². The zero-order valence-electron chi connectivity index (χ0n) is 18.3. The third-order valence-electron chi connectivity index (χ3n) is 5.66. The van der Waals surface area contributed by atoms with Crippen LogP contribution in [0.3, 0.4) is 0 Å². The molecule has 2 aromatic heterocycles. The molecule has 162 valence electrons. The smallest absolute Gasteiger partial charge is 0.276 e. The van der Waals surface area contributed by atoms with Crippen LogP contribution in [0.1, 0.15) is 27.3 Å². The lowest BCUT2D eigenvalue weighted by molar-refractivity contribution is 0.0723. The maximum atomic E-state index is 13.7. The second kappa shape index (κ2) is 9.04. The van der Waals surface area contributed by atoms with Gasteiger partial charge in [-0.15, -0.1) is 5.10 Å². The average molecular weight is 434 g/mol. The van der Waals surface area contributed by atoms with Crippen molar-refractivity contribution in [2.75, 3.05) is 0 Å². The van der Waals surface area contributed by atoms with Crippen LogP contribution in [0.2, 0.25) is 0 Å². The molecule has 0 saturated heterocycles. The number of fused-ring (bicyclic) bond motifs is 1. The largest absolute Gasteiger partial charge is 0.329 e. The van der Waals surface area contributed by atoms with E-state index in [-0.39, 0.29) is 5.91 Å². The normalized spacial score (nSPS) is 10.9. The summed E-state index contributed by atoms with van der Waals surface area (Å²) in [6.45, 7) is 2.84. The van der Waals surface area contributed by atoms with Crippen molar-refractivity contribution in [3.05, 3.63) is 120 Å². The summed E-state index contributed by atoms with van der Waals surface area (Å²) in [5, 5.41) is 9.64. The number of pyridine rings is 1. The quantitative estimate of drug-likeness (QED) is 0.379. The first kappa shape index (κ1) is 20.6. The van der Waals surface area contributed by atoms with Crippen molar-refractivity contribution in [3.8, 4) is 5.69 Å². The molecule has 0 aliphatic rings. The Hall–Kier alpha value is -4.32. The Kier molecular flexibility index (Phi) is 5.64. The van der Waals surface area contributed by atoms with Crippen LogP contribution in [0.15, 0.2) is 97.2 Å². The molecule has 33 heavy (non-hydrogen) atoms. The summed E-state index contributed by atoms with van der Waals surface area (Å²) in [5.41, 5.74) is 4.77. The Morgan fingerprint density at radius 2 is 1.45 bits per heavy atom. The third-order valence-corrected chi connectivity index (χ3v) is 5.66. The van der Waals surface area contributed by atoms with Crippen LogP contribution in [-0.4, -0.2) is 30.8 Å². The van der Waals surface area contributed by atoms with Gasteiger partial charge in [-0.25, -0.2) is 4.68 Å². The molecule has 0 aliphatic heterocycles. The van der Waals surface area contributed by atoms with Gasteiger partial charge < -0.3 is 4.90 Å². The van der Waals surface area contributed by atoms with E-state index in [0.717, 1.165) is 27.7 Å². The van der Waals surface area contributed by atoms with Gasteiger partial charge in [0.05, 0.1) is 16.9 Å². The highest BCUT2D eigenvalue weighted by molar-refractivity contribution is 5.94. The number of carbonyl (C=O) groups is 1. The number of rotatable bonds is 6. The lowest BCUT2D eigenvalue weighted by atomic mass is 10.1. The summed E-state index contributed by atoms with van der Waals surface area (Å²) >= 11 is 0. The summed E-state index contributed by atoms with van der Waals surface area (Å²) in [4.78, 5) is 20.0. The molecule has 0 radical (unpaired) electrons. The molecule has 5 aromatic rings. The molecule has 0 unspecified atom stereocenters. The molecule has 0 aliphatic carbocycles. The van der Waals surface area contributed by atoms with E-state index in [1.54, 1.807) is 10.9 Å². The molecule has 0 N–H and O–H groups in total. The van der Waals surface area contributed by atoms with E-state index in [1.165, 1.54) is 0 Å². The average Bonchev–Trinajstić information content (AvgIpc) is 3.25.